The molecule has 4 rings (SSSR count). The molecule has 26 heavy (non-hydrogen) atoms. The van der Waals surface area contributed by atoms with E-state index in [-0.39, 0.29) is 11.9 Å². The predicted octanol–water partition coefficient (Wildman–Crippen LogP) is 3.98. The van der Waals surface area contributed by atoms with Crippen LogP contribution in [0.4, 0.5) is 10.2 Å². The molecule has 0 fully saturated rings. The molecule has 1 atom stereocenters. The summed E-state index contributed by atoms with van der Waals surface area (Å²) in [5.41, 5.74) is 8.72. The van der Waals surface area contributed by atoms with Gasteiger partial charge in [-0.1, -0.05) is 24.2 Å². The molecule has 1 aromatic carbocycles. The van der Waals surface area contributed by atoms with Crippen molar-refractivity contribution in [3.63, 3.8) is 0 Å². The van der Waals surface area contributed by atoms with Gasteiger partial charge >= 0.3 is 0 Å². The number of benzene rings is 1. The van der Waals surface area contributed by atoms with Gasteiger partial charge in [-0.25, -0.2) is 14.4 Å². The Kier molecular flexibility index (Phi) is 3.91. The minimum Gasteiger partial charge on any atom is -0.383 e. The normalized spacial score (nSPS) is 12.6. The summed E-state index contributed by atoms with van der Waals surface area (Å²) in [6.07, 6.45) is 4.27. The van der Waals surface area contributed by atoms with E-state index in [4.69, 9.17) is 10.3 Å². The SMILES string of the molecule is CCc1cn(C(C)c2cc(-c3ccccc3F)no2)c2ncnc(N)c12. The van der Waals surface area contributed by atoms with Crippen LogP contribution in [0.3, 0.4) is 0 Å². The zero-order valence-corrected chi connectivity index (χ0v) is 14.5. The Bertz CT molecular complexity index is 1080. The monoisotopic (exact) mass is 351 g/mol. The number of aryl methyl sites for hydroxylation is 1. The summed E-state index contributed by atoms with van der Waals surface area (Å²) < 4.78 is 21.5. The van der Waals surface area contributed by atoms with Crippen molar-refractivity contribution < 1.29 is 8.91 Å². The maximum absolute atomic E-state index is 14.0. The molecule has 0 saturated heterocycles. The van der Waals surface area contributed by atoms with E-state index in [0.29, 0.717) is 22.8 Å². The van der Waals surface area contributed by atoms with Gasteiger partial charge in [0, 0.05) is 17.8 Å². The van der Waals surface area contributed by atoms with Crippen molar-refractivity contribution in [2.75, 3.05) is 5.73 Å². The van der Waals surface area contributed by atoms with Crippen LogP contribution in [0, 0.1) is 5.82 Å². The molecule has 3 heterocycles. The third-order valence-electron chi connectivity index (χ3n) is 4.61. The van der Waals surface area contributed by atoms with E-state index in [1.807, 2.05) is 17.7 Å². The highest BCUT2D eigenvalue weighted by molar-refractivity contribution is 5.90. The van der Waals surface area contributed by atoms with Crippen molar-refractivity contribution in [3.8, 4) is 11.3 Å². The summed E-state index contributed by atoms with van der Waals surface area (Å²) >= 11 is 0. The Morgan fingerprint density at radius 3 is 2.85 bits per heavy atom. The molecular formula is C19H18FN5O. The molecule has 132 valence electrons. The lowest BCUT2D eigenvalue weighted by Gasteiger charge is -2.11. The standard InChI is InChI=1S/C19H18FN5O/c1-3-12-9-25(19-17(12)18(21)22-10-23-19)11(2)16-8-15(24-26-16)13-6-4-5-7-14(13)20/h4-11H,3H2,1-2H3,(H2,21,22,23). The van der Waals surface area contributed by atoms with Gasteiger partial charge in [-0.05, 0) is 31.0 Å². The number of aromatic nitrogens is 4. The quantitative estimate of drug-likeness (QED) is 0.601. The van der Waals surface area contributed by atoms with E-state index in [1.54, 1.807) is 24.3 Å². The van der Waals surface area contributed by atoms with E-state index in [9.17, 15) is 4.39 Å². The average molecular weight is 351 g/mol. The number of hydrogen-bond donors (Lipinski definition) is 1. The van der Waals surface area contributed by atoms with Crippen molar-refractivity contribution in [2.45, 2.75) is 26.3 Å². The van der Waals surface area contributed by atoms with Crippen LogP contribution in [0.1, 0.15) is 31.2 Å². The second kappa shape index (κ2) is 6.25. The van der Waals surface area contributed by atoms with Gasteiger partial charge in [0.15, 0.2) is 5.76 Å². The van der Waals surface area contributed by atoms with Crippen molar-refractivity contribution >= 4 is 16.9 Å². The van der Waals surface area contributed by atoms with E-state index in [0.717, 1.165) is 23.0 Å². The summed E-state index contributed by atoms with van der Waals surface area (Å²) in [5.74, 6) is 0.739. The molecule has 0 aliphatic carbocycles. The number of nitrogen functional groups attached to an aromatic ring is 1. The van der Waals surface area contributed by atoms with Crippen molar-refractivity contribution in [1.82, 2.24) is 19.7 Å². The molecule has 0 bridgehead atoms. The van der Waals surface area contributed by atoms with Gasteiger partial charge in [0.2, 0.25) is 0 Å². The van der Waals surface area contributed by atoms with Gasteiger partial charge < -0.3 is 14.8 Å². The molecule has 1 unspecified atom stereocenters. The Labute approximate surface area is 149 Å². The first-order valence-electron chi connectivity index (χ1n) is 8.41. The van der Waals surface area contributed by atoms with Crippen LogP contribution < -0.4 is 5.73 Å². The van der Waals surface area contributed by atoms with Crippen LogP contribution in [-0.4, -0.2) is 19.7 Å². The van der Waals surface area contributed by atoms with E-state index in [2.05, 4.69) is 22.0 Å². The number of hydrogen-bond acceptors (Lipinski definition) is 5. The van der Waals surface area contributed by atoms with Gasteiger partial charge in [0.05, 0.1) is 11.4 Å². The molecule has 0 spiro atoms. The van der Waals surface area contributed by atoms with E-state index < -0.39 is 0 Å². The average Bonchev–Trinajstić information content (AvgIpc) is 3.27. The molecular weight excluding hydrogens is 333 g/mol. The third kappa shape index (κ3) is 2.52. The van der Waals surface area contributed by atoms with Crippen molar-refractivity contribution in [3.05, 3.63) is 60.0 Å². The van der Waals surface area contributed by atoms with Crippen LogP contribution in [0.2, 0.25) is 0 Å². The largest absolute Gasteiger partial charge is 0.383 e. The number of nitrogens with two attached hydrogens (primary N) is 1. The van der Waals surface area contributed by atoms with Gasteiger partial charge in [0.1, 0.15) is 29.3 Å². The van der Waals surface area contributed by atoms with Gasteiger partial charge in [-0.2, -0.15) is 0 Å². The Morgan fingerprint density at radius 1 is 1.27 bits per heavy atom. The first-order valence-corrected chi connectivity index (χ1v) is 8.41. The van der Waals surface area contributed by atoms with Gasteiger partial charge in [-0.15, -0.1) is 0 Å². The zero-order valence-electron chi connectivity index (χ0n) is 14.5. The fourth-order valence-corrected chi connectivity index (χ4v) is 3.17. The lowest BCUT2D eigenvalue weighted by Crippen LogP contribution is -2.05. The number of rotatable bonds is 4. The number of halogens is 1. The Balaban J connectivity index is 1.78. The molecule has 4 aromatic rings. The summed E-state index contributed by atoms with van der Waals surface area (Å²) in [5, 5.41) is 4.89. The third-order valence-corrected chi connectivity index (χ3v) is 4.61. The van der Waals surface area contributed by atoms with Crippen molar-refractivity contribution in [1.29, 1.82) is 0 Å². The number of nitrogens with zero attached hydrogens (tertiary/aromatic N) is 4. The van der Waals surface area contributed by atoms with Crippen molar-refractivity contribution in [2.24, 2.45) is 0 Å². The number of fused-ring (bicyclic) bond motifs is 1. The second-order valence-electron chi connectivity index (χ2n) is 6.14. The summed E-state index contributed by atoms with van der Waals surface area (Å²) in [7, 11) is 0. The minimum atomic E-state index is -0.333. The zero-order chi connectivity index (χ0) is 18.3. The van der Waals surface area contributed by atoms with Crippen LogP contribution in [0.5, 0.6) is 0 Å². The number of anilines is 1. The first-order chi connectivity index (χ1) is 12.6. The molecule has 6 nitrogen and oxygen atoms in total. The van der Waals surface area contributed by atoms with E-state index in [1.165, 1.54) is 12.4 Å². The highest BCUT2D eigenvalue weighted by Gasteiger charge is 2.21. The van der Waals surface area contributed by atoms with Gasteiger partial charge in [0.25, 0.3) is 0 Å². The maximum Gasteiger partial charge on any atom is 0.159 e. The summed E-state index contributed by atoms with van der Waals surface area (Å²) in [6.45, 7) is 4.03. The fourth-order valence-electron chi connectivity index (χ4n) is 3.17. The molecule has 2 N–H and O–H groups in total. The minimum absolute atomic E-state index is 0.180. The summed E-state index contributed by atoms with van der Waals surface area (Å²) in [6, 6.07) is 8.06. The second-order valence-corrected chi connectivity index (χ2v) is 6.14. The smallest absolute Gasteiger partial charge is 0.159 e. The van der Waals surface area contributed by atoms with Crippen LogP contribution >= 0.6 is 0 Å². The molecule has 0 aliphatic rings. The van der Waals surface area contributed by atoms with Gasteiger partial charge in [-0.3, -0.25) is 0 Å². The van der Waals surface area contributed by atoms with Crippen LogP contribution in [0.25, 0.3) is 22.3 Å². The molecule has 0 amide bonds. The molecule has 0 radical (unpaired) electrons. The molecule has 0 saturated carbocycles. The molecule has 0 aliphatic heterocycles. The van der Waals surface area contributed by atoms with Crippen LogP contribution in [0.15, 0.2) is 47.4 Å². The molecule has 7 heteroatoms. The first kappa shape index (κ1) is 16.3. The lowest BCUT2D eigenvalue weighted by molar-refractivity contribution is 0.355. The van der Waals surface area contributed by atoms with Crippen LogP contribution in [-0.2, 0) is 6.42 Å². The Hall–Kier alpha value is -3.22. The predicted molar refractivity (Wildman–Crippen MR) is 97.0 cm³/mol. The highest BCUT2D eigenvalue weighted by Crippen LogP contribution is 2.31. The fraction of sp³-hybridized carbons (Fsp3) is 0.211. The van der Waals surface area contributed by atoms with E-state index >= 15 is 0 Å². The lowest BCUT2D eigenvalue weighted by atomic mass is 10.1. The highest BCUT2D eigenvalue weighted by atomic mass is 19.1. The topological polar surface area (TPSA) is 82.8 Å². The summed E-state index contributed by atoms with van der Waals surface area (Å²) in [4.78, 5) is 8.48. The molecule has 3 aromatic heterocycles. The Morgan fingerprint density at radius 2 is 2.08 bits per heavy atom. The maximum atomic E-state index is 14.0.